The molecule has 0 saturated carbocycles. The van der Waals surface area contributed by atoms with Crippen molar-refractivity contribution in [1.82, 2.24) is 0 Å². The van der Waals surface area contributed by atoms with E-state index in [-0.39, 0.29) is 12.3 Å². The first-order chi connectivity index (χ1) is 10.7. The Balaban J connectivity index is 2.08. The zero-order valence-corrected chi connectivity index (χ0v) is 12.1. The van der Waals surface area contributed by atoms with Gasteiger partial charge in [-0.15, -0.1) is 0 Å². The SMILES string of the molecule is NCC(O)CCNc1ccccc1Nc1ccccc1OF. The molecule has 0 aliphatic heterocycles. The van der Waals surface area contributed by atoms with Gasteiger partial charge < -0.3 is 21.5 Å². The molecule has 1 unspecified atom stereocenters. The van der Waals surface area contributed by atoms with E-state index in [0.717, 1.165) is 11.4 Å². The second-order valence-corrected chi connectivity index (χ2v) is 4.85. The quantitative estimate of drug-likeness (QED) is 0.603. The molecule has 0 radical (unpaired) electrons. The van der Waals surface area contributed by atoms with Gasteiger partial charge in [-0.25, -0.2) is 0 Å². The van der Waals surface area contributed by atoms with E-state index in [1.165, 1.54) is 6.07 Å². The van der Waals surface area contributed by atoms with Crippen molar-refractivity contribution in [2.24, 2.45) is 5.73 Å². The Kier molecular flexibility index (Phi) is 6.00. The highest BCUT2D eigenvalue weighted by Gasteiger charge is 2.07. The number of halogens is 1. The lowest BCUT2D eigenvalue weighted by Crippen LogP contribution is -2.22. The summed E-state index contributed by atoms with van der Waals surface area (Å²) in [6.07, 6.45) is 0.0305. The van der Waals surface area contributed by atoms with Crippen LogP contribution in [0.2, 0.25) is 0 Å². The normalized spacial score (nSPS) is 11.8. The molecule has 0 saturated heterocycles. The van der Waals surface area contributed by atoms with E-state index < -0.39 is 6.10 Å². The molecule has 22 heavy (non-hydrogen) atoms. The lowest BCUT2D eigenvalue weighted by atomic mass is 10.2. The van der Waals surface area contributed by atoms with E-state index in [2.05, 4.69) is 15.6 Å². The van der Waals surface area contributed by atoms with Gasteiger partial charge in [0.2, 0.25) is 0 Å². The average molecular weight is 305 g/mol. The summed E-state index contributed by atoms with van der Waals surface area (Å²) in [5, 5.41) is 15.8. The molecule has 2 rings (SSSR count). The smallest absolute Gasteiger partial charge is 0.195 e. The molecule has 5 N–H and O–H groups in total. The summed E-state index contributed by atoms with van der Waals surface area (Å²) < 4.78 is 12.5. The third-order valence-corrected chi connectivity index (χ3v) is 3.23. The molecule has 0 amide bonds. The molecular formula is C16H20FN3O2. The Morgan fingerprint density at radius 1 is 1.05 bits per heavy atom. The van der Waals surface area contributed by atoms with Crippen molar-refractivity contribution >= 4 is 17.1 Å². The van der Waals surface area contributed by atoms with Crippen molar-refractivity contribution in [2.75, 3.05) is 23.7 Å². The number of aliphatic hydroxyl groups is 1. The summed E-state index contributed by atoms with van der Waals surface area (Å²) in [4.78, 5) is 3.85. The summed E-state index contributed by atoms with van der Waals surface area (Å²) in [5.74, 6) is 0.121. The minimum absolute atomic E-state index is 0.121. The molecule has 6 heteroatoms. The van der Waals surface area contributed by atoms with Crippen LogP contribution in [0.25, 0.3) is 0 Å². The largest absolute Gasteiger partial charge is 0.392 e. The maximum atomic E-state index is 12.5. The number of benzene rings is 2. The van der Waals surface area contributed by atoms with E-state index >= 15 is 0 Å². The van der Waals surface area contributed by atoms with Gasteiger partial charge in [0.05, 0.1) is 23.2 Å². The fourth-order valence-corrected chi connectivity index (χ4v) is 2.02. The summed E-state index contributed by atoms with van der Waals surface area (Å²) in [7, 11) is 0. The van der Waals surface area contributed by atoms with E-state index in [1.807, 2.05) is 24.3 Å². The van der Waals surface area contributed by atoms with Crippen LogP contribution in [0.1, 0.15) is 6.42 Å². The monoisotopic (exact) mass is 305 g/mol. The third-order valence-electron chi connectivity index (χ3n) is 3.23. The van der Waals surface area contributed by atoms with Crippen LogP contribution in [0.4, 0.5) is 21.6 Å². The molecule has 2 aromatic rings. The van der Waals surface area contributed by atoms with Crippen molar-refractivity contribution in [1.29, 1.82) is 0 Å². The lowest BCUT2D eigenvalue weighted by Gasteiger charge is -2.15. The zero-order valence-electron chi connectivity index (χ0n) is 12.1. The molecule has 0 aromatic heterocycles. The Labute approximate surface area is 128 Å². The fourth-order valence-electron chi connectivity index (χ4n) is 2.02. The first-order valence-corrected chi connectivity index (χ1v) is 7.10. The van der Waals surface area contributed by atoms with Crippen LogP contribution >= 0.6 is 0 Å². The molecule has 0 bridgehead atoms. The molecular weight excluding hydrogens is 285 g/mol. The Hall–Kier alpha value is -2.31. The Morgan fingerprint density at radius 3 is 2.36 bits per heavy atom. The Morgan fingerprint density at radius 2 is 1.68 bits per heavy atom. The number of hydrogen-bond donors (Lipinski definition) is 4. The Bertz CT molecular complexity index is 595. The summed E-state index contributed by atoms with van der Waals surface area (Å²) in [5.41, 5.74) is 7.54. The number of anilines is 3. The summed E-state index contributed by atoms with van der Waals surface area (Å²) in [6, 6.07) is 14.3. The summed E-state index contributed by atoms with van der Waals surface area (Å²) >= 11 is 0. The third kappa shape index (κ3) is 4.34. The van der Waals surface area contributed by atoms with Crippen LogP contribution < -0.4 is 21.3 Å². The van der Waals surface area contributed by atoms with Gasteiger partial charge in [-0.1, -0.05) is 24.3 Å². The van der Waals surface area contributed by atoms with Crippen LogP contribution in [-0.4, -0.2) is 24.3 Å². The van der Waals surface area contributed by atoms with Gasteiger partial charge in [-0.05, 0) is 30.7 Å². The topological polar surface area (TPSA) is 79.5 Å². The molecule has 0 aliphatic carbocycles. The summed E-state index contributed by atoms with van der Waals surface area (Å²) in [6.45, 7) is 0.821. The molecule has 0 spiro atoms. The molecule has 1 atom stereocenters. The highest BCUT2D eigenvalue weighted by atomic mass is 19.3. The zero-order chi connectivity index (χ0) is 15.8. The number of aliphatic hydroxyl groups excluding tert-OH is 1. The van der Waals surface area contributed by atoms with Crippen LogP contribution in [0.5, 0.6) is 5.75 Å². The first kappa shape index (κ1) is 16.1. The van der Waals surface area contributed by atoms with Gasteiger partial charge in [0.25, 0.3) is 0 Å². The van der Waals surface area contributed by atoms with Crippen molar-refractivity contribution in [3.63, 3.8) is 0 Å². The number of nitrogens with two attached hydrogens (primary N) is 1. The van der Waals surface area contributed by atoms with Crippen LogP contribution in [-0.2, 0) is 0 Å². The van der Waals surface area contributed by atoms with Crippen molar-refractivity contribution in [3.05, 3.63) is 48.5 Å². The van der Waals surface area contributed by atoms with E-state index in [9.17, 15) is 9.63 Å². The first-order valence-electron chi connectivity index (χ1n) is 7.10. The molecule has 0 aliphatic rings. The van der Waals surface area contributed by atoms with E-state index in [4.69, 9.17) is 5.73 Å². The van der Waals surface area contributed by atoms with E-state index in [0.29, 0.717) is 18.7 Å². The van der Waals surface area contributed by atoms with Gasteiger partial charge in [0, 0.05) is 17.6 Å². The van der Waals surface area contributed by atoms with Crippen LogP contribution in [0.15, 0.2) is 48.5 Å². The van der Waals surface area contributed by atoms with E-state index in [1.54, 1.807) is 18.2 Å². The highest BCUT2D eigenvalue weighted by Crippen LogP contribution is 2.31. The van der Waals surface area contributed by atoms with Crippen LogP contribution in [0.3, 0.4) is 0 Å². The number of rotatable bonds is 8. The number of para-hydroxylation sites is 4. The number of nitrogens with one attached hydrogen (secondary N) is 2. The lowest BCUT2D eigenvalue weighted by molar-refractivity contribution is -0.00524. The van der Waals surface area contributed by atoms with Crippen molar-refractivity contribution < 1.29 is 14.6 Å². The average Bonchev–Trinajstić information content (AvgIpc) is 2.56. The second kappa shape index (κ2) is 8.21. The molecule has 118 valence electrons. The molecule has 2 aromatic carbocycles. The minimum Gasteiger partial charge on any atom is -0.392 e. The predicted molar refractivity (Wildman–Crippen MR) is 86.1 cm³/mol. The van der Waals surface area contributed by atoms with Crippen molar-refractivity contribution in [2.45, 2.75) is 12.5 Å². The van der Waals surface area contributed by atoms with Gasteiger partial charge >= 0.3 is 0 Å². The maximum absolute atomic E-state index is 12.5. The maximum Gasteiger partial charge on any atom is 0.195 e. The number of hydrogen-bond acceptors (Lipinski definition) is 5. The van der Waals surface area contributed by atoms with Gasteiger partial charge in [0.1, 0.15) is 0 Å². The van der Waals surface area contributed by atoms with Gasteiger partial charge in [0.15, 0.2) is 5.75 Å². The fraction of sp³-hybridized carbons (Fsp3) is 0.250. The van der Waals surface area contributed by atoms with Crippen LogP contribution in [0, 0.1) is 0 Å². The highest BCUT2D eigenvalue weighted by molar-refractivity contribution is 5.76. The van der Waals surface area contributed by atoms with Gasteiger partial charge in [-0.2, -0.15) is 0 Å². The predicted octanol–water partition coefficient (Wildman–Crippen LogP) is 2.82. The minimum atomic E-state index is -0.520. The molecule has 0 heterocycles. The second-order valence-electron chi connectivity index (χ2n) is 4.85. The van der Waals surface area contributed by atoms with Crippen molar-refractivity contribution in [3.8, 4) is 5.75 Å². The standard InChI is InChI=1S/C16H20FN3O2/c17-22-16-8-4-3-7-15(16)20-14-6-2-1-5-13(14)19-10-9-12(21)11-18/h1-8,12,19-21H,9-11,18H2. The molecule has 5 nitrogen and oxygen atoms in total. The van der Waals surface area contributed by atoms with Gasteiger partial charge in [-0.3, -0.25) is 4.94 Å². The molecule has 0 fully saturated rings.